The molecule has 2 nitrogen and oxygen atoms in total. The van der Waals surface area contributed by atoms with Crippen LogP contribution < -0.4 is 0 Å². The van der Waals surface area contributed by atoms with Crippen molar-refractivity contribution in [1.29, 1.82) is 0 Å². The van der Waals surface area contributed by atoms with Crippen LogP contribution in [0.3, 0.4) is 0 Å². The van der Waals surface area contributed by atoms with Gasteiger partial charge in [-0.3, -0.25) is 0 Å². The summed E-state index contributed by atoms with van der Waals surface area (Å²) in [7, 11) is 0. The minimum atomic E-state index is 0.00171. The van der Waals surface area contributed by atoms with Gasteiger partial charge in [0, 0.05) is 22.1 Å². The molecule has 10 rings (SSSR count). The van der Waals surface area contributed by atoms with Crippen LogP contribution in [0.1, 0.15) is 25.0 Å². The van der Waals surface area contributed by atoms with Gasteiger partial charge in [-0.05, 0) is 103 Å². The van der Waals surface area contributed by atoms with Crippen LogP contribution in [-0.4, -0.2) is 9.97 Å². The highest BCUT2D eigenvalue weighted by Crippen LogP contribution is 2.49. The minimum Gasteiger partial charge on any atom is -0.228 e. The molecule has 1 heterocycles. The third kappa shape index (κ3) is 6.46. The van der Waals surface area contributed by atoms with Crippen LogP contribution in [0, 0.1) is 0 Å². The Labute approximate surface area is 334 Å². The van der Waals surface area contributed by atoms with Gasteiger partial charge in [0.1, 0.15) is 0 Å². The highest BCUT2D eigenvalue weighted by atomic mass is 14.9. The molecule has 1 aliphatic carbocycles. The first-order chi connectivity index (χ1) is 28.0. The number of nitrogens with zero attached hydrogens (tertiary/aromatic N) is 2. The molecule has 0 amide bonds. The van der Waals surface area contributed by atoms with E-state index in [1.807, 2.05) is 6.07 Å². The van der Waals surface area contributed by atoms with Gasteiger partial charge in [-0.25, -0.2) is 9.97 Å². The molecule has 1 aromatic heterocycles. The van der Waals surface area contributed by atoms with E-state index in [1.54, 1.807) is 0 Å². The quantitative estimate of drug-likeness (QED) is 0.163. The first-order valence-corrected chi connectivity index (χ1v) is 19.6. The van der Waals surface area contributed by atoms with E-state index < -0.39 is 0 Å². The van der Waals surface area contributed by atoms with Gasteiger partial charge in [0.05, 0.1) is 11.4 Å². The van der Waals surface area contributed by atoms with Crippen LogP contribution in [0.15, 0.2) is 206 Å². The molecule has 0 radical (unpaired) electrons. The molecule has 0 fully saturated rings. The molecule has 0 saturated heterocycles. The third-order valence-corrected chi connectivity index (χ3v) is 11.5. The predicted octanol–water partition coefficient (Wildman–Crippen LogP) is 14.5. The fourth-order valence-electron chi connectivity index (χ4n) is 8.44. The fourth-order valence-corrected chi connectivity index (χ4v) is 8.44. The molecule has 0 aliphatic heterocycles. The van der Waals surface area contributed by atoms with Crippen molar-refractivity contribution < 1.29 is 0 Å². The SMILES string of the molecule is CC1(C)c2ccccc2-c2cc(-c3ccc(-c4cccc(-c5nc(-c6ccccc6)cc(-c6cc(-c7ccccc7)cc(-c7ccccc7)c6)n5)c4)cc3)ccc21. The molecule has 2 heteroatoms. The summed E-state index contributed by atoms with van der Waals surface area (Å²) in [6, 6.07) is 73.8. The van der Waals surface area contributed by atoms with E-state index in [1.165, 1.54) is 44.5 Å². The predicted molar refractivity (Wildman–Crippen MR) is 238 cm³/mol. The number of hydrogen-bond donors (Lipinski definition) is 0. The number of benzene rings is 8. The van der Waals surface area contributed by atoms with Crippen LogP contribution in [0.4, 0.5) is 0 Å². The van der Waals surface area contributed by atoms with Crippen molar-refractivity contribution in [2.45, 2.75) is 19.3 Å². The van der Waals surface area contributed by atoms with Crippen LogP contribution in [0.2, 0.25) is 0 Å². The van der Waals surface area contributed by atoms with Gasteiger partial charge in [-0.2, -0.15) is 0 Å². The van der Waals surface area contributed by atoms with Gasteiger partial charge in [0.15, 0.2) is 5.82 Å². The Kier molecular flexibility index (Phi) is 8.53. The molecule has 9 aromatic rings. The second kappa shape index (κ2) is 14.2. The zero-order chi connectivity index (χ0) is 38.3. The van der Waals surface area contributed by atoms with E-state index in [2.05, 4.69) is 214 Å². The average Bonchev–Trinajstić information content (AvgIpc) is 3.52. The Morgan fingerprint density at radius 2 is 0.702 bits per heavy atom. The average molecular weight is 729 g/mol. The highest BCUT2D eigenvalue weighted by molar-refractivity contribution is 5.86. The highest BCUT2D eigenvalue weighted by Gasteiger charge is 2.35. The summed E-state index contributed by atoms with van der Waals surface area (Å²) in [6.45, 7) is 4.66. The Morgan fingerprint density at radius 3 is 1.33 bits per heavy atom. The molecule has 0 atom stereocenters. The Bertz CT molecular complexity index is 2840. The van der Waals surface area contributed by atoms with Gasteiger partial charge in [-0.15, -0.1) is 0 Å². The maximum absolute atomic E-state index is 5.30. The minimum absolute atomic E-state index is 0.00171. The molecular weight excluding hydrogens is 689 g/mol. The lowest BCUT2D eigenvalue weighted by Crippen LogP contribution is -2.14. The summed E-state index contributed by atoms with van der Waals surface area (Å²) in [5, 5.41) is 0. The molecule has 1 aliphatic rings. The largest absolute Gasteiger partial charge is 0.228 e. The number of hydrogen-bond acceptors (Lipinski definition) is 2. The molecule has 0 spiro atoms. The second-order valence-electron chi connectivity index (χ2n) is 15.4. The van der Waals surface area contributed by atoms with Crippen LogP contribution in [-0.2, 0) is 5.41 Å². The van der Waals surface area contributed by atoms with E-state index in [4.69, 9.17) is 9.97 Å². The molecular formula is C55H40N2. The van der Waals surface area contributed by atoms with Crippen molar-refractivity contribution >= 4 is 0 Å². The molecule has 0 saturated carbocycles. The first-order valence-electron chi connectivity index (χ1n) is 19.6. The number of rotatable bonds is 7. The molecule has 0 bridgehead atoms. The number of aromatic nitrogens is 2. The van der Waals surface area contributed by atoms with Gasteiger partial charge in [0.2, 0.25) is 0 Å². The van der Waals surface area contributed by atoms with Crippen LogP contribution in [0.25, 0.3) is 89.5 Å². The van der Waals surface area contributed by atoms with E-state index in [0.29, 0.717) is 5.82 Å². The summed E-state index contributed by atoms with van der Waals surface area (Å²) in [5.41, 5.74) is 19.6. The lowest BCUT2D eigenvalue weighted by Gasteiger charge is -2.21. The van der Waals surface area contributed by atoms with Crippen molar-refractivity contribution in [1.82, 2.24) is 9.97 Å². The van der Waals surface area contributed by atoms with Crippen LogP contribution in [0.5, 0.6) is 0 Å². The van der Waals surface area contributed by atoms with Gasteiger partial charge in [0.25, 0.3) is 0 Å². The Morgan fingerprint density at radius 1 is 0.281 bits per heavy atom. The van der Waals surface area contributed by atoms with E-state index in [0.717, 1.165) is 50.3 Å². The lowest BCUT2D eigenvalue weighted by molar-refractivity contribution is 0.660. The summed E-state index contributed by atoms with van der Waals surface area (Å²) in [6.07, 6.45) is 0. The number of fused-ring (bicyclic) bond motifs is 3. The van der Waals surface area contributed by atoms with Crippen molar-refractivity contribution in [3.05, 3.63) is 217 Å². The standard InChI is InChI=1S/C55H40N2/c1-55(2)50-24-13-12-23-48(50)49-35-43(29-30-51(49)55)40-27-25-39(26-28-40)42-21-14-22-44(31-42)54-56-52(41-19-10-5-11-20-41)36-53(57-54)47-33-45(37-15-6-3-7-16-37)32-46(34-47)38-17-8-4-9-18-38/h3-36H,1-2H3. The first kappa shape index (κ1) is 34.3. The normalized spacial score (nSPS) is 12.5. The summed E-state index contributed by atoms with van der Waals surface area (Å²) in [4.78, 5) is 10.5. The summed E-state index contributed by atoms with van der Waals surface area (Å²) >= 11 is 0. The van der Waals surface area contributed by atoms with Gasteiger partial charge < -0.3 is 0 Å². The van der Waals surface area contributed by atoms with Crippen molar-refractivity contribution in [3.63, 3.8) is 0 Å². The topological polar surface area (TPSA) is 25.8 Å². The van der Waals surface area contributed by atoms with E-state index in [9.17, 15) is 0 Å². The molecule has 270 valence electrons. The molecule has 0 unspecified atom stereocenters. The molecule has 8 aromatic carbocycles. The molecule has 57 heavy (non-hydrogen) atoms. The lowest BCUT2D eigenvalue weighted by atomic mass is 9.82. The van der Waals surface area contributed by atoms with Crippen molar-refractivity contribution in [3.8, 4) is 89.5 Å². The third-order valence-electron chi connectivity index (χ3n) is 11.5. The summed E-state index contributed by atoms with van der Waals surface area (Å²) < 4.78 is 0. The smallest absolute Gasteiger partial charge is 0.160 e. The van der Waals surface area contributed by atoms with E-state index >= 15 is 0 Å². The zero-order valence-electron chi connectivity index (χ0n) is 32.0. The monoisotopic (exact) mass is 728 g/mol. The fraction of sp³-hybridized carbons (Fsp3) is 0.0545. The Hall–Kier alpha value is -7.16. The summed E-state index contributed by atoms with van der Waals surface area (Å²) in [5.74, 6) is 0.692. The zero-order valence-corrected chi connectivity index (χ0v) is 32.0. The van der Waals surface area contributed by atoms with Crippen molar-refractivity contribution in [2.24, 2.45) is 0 Å². The van der Waals surface area contributed by atoms with Gasteiger partial charge >= 0.3 is 0 Å². The Balaban J connectivity index is 1.04. The van der Waals surface area contributed by atoms with Crippen molar-refractivity contribution in [2.75, 3.05) is 0 Å². The maximum Gasteiger partial charge on any atom is 0.160 e. The van der Waals surface area contributed by atoms with Gasteiger partial charge in [-0.1, -0.05) is 184 Å². The maximum atomic E-state index is 5.30. The van der Waals surface area contributed by atoms with Crippen LogP contribution >= 0.6 is 0 Å². The second-order valence-corrected chi connectivity index (χ2v) is 15.4. The molecule has 0 N–H and O–H groups in total. The van der Waals surface area contributed by atoms with E-state index in [-0.39, 0.29) is 5.41 Å².